The first kappa shape index (κ1) is 11.3. The van der Waals surface area contributed by atoms with Crippen LogP contribution in [0.3, 0.4) is 0 Å². The highest BCUT2D eigenvalue weighted by molar-refractivity contribution is 6.11. The van der Waals surface area contributed by atoms with Gasteiger partial charge in [0.05, 0.1) is 12.8 Å². The molecule has 0 N–H and O–H groups in total. The van der Waals surface area contributed by atoms with Crippen molar-refractivity contribution in [3.05, 3.63) is 23.8 Å². The molecule has 1 aromatic carbocycles. The molecule has 1 aromatic rings. The van der Waals surface area contributed by atoms with Gasteiger partial charge in [-0.05, 0) is 25.0 Å². The number of hydrogen-bond donors (Lipinski definition) is 0. The number of para-hydroxylation sites is 1. The summed E-state index contributed by atoms with van der Waals surface area (Å²) in [4.78, 5) is 25.9. The Balaban J connectivity index is 2.08. The first-order valence-electron chi connectivity index (χ1n) is 6.24. The highest BCUT2D eigenvalue weighted by atomic mass is 16.5. The maximum absolute atomic E-state index is 12.3. The van der Waals surface area contributed by atoms with E-state index >= 15 is 0 Å². The largest absolute Gasteiger partial charge is 0.495 e. The summed E-state index contributed by atoms with van der Waals surface area (Å²) in [6.45, 7) is 0.474. The molecule has 1 aliphatic heterocycles. The van der Waals surface area contributed by atoms with Crippen LogP contribution in [0, 0.1) is 5.92 Å². The molecule has 18 heavy (non-hydrogen) atoms. The molecule has 1 saturated carbocycles. The summed E-state index contributed by atoms with van der Waals surface area (Å²) >= 11 is 0. The van der Waals surface area contributed by atoms with Crippen molar-refractivity contribution in [1.82, 2.24) is 0 Å². The minimum atomic E-state index is 0.0868. The lowest BCUT2D eigenvalue weighted by atomic mass is 9.99. The molecule has 4 nitrogen and oxygen atoms in total. The Labute approximate surface area is 106 Å². The second kappa shape index (κ2) is 4.12. The number of ether oxygens (including phenoxy) is 1. The molecule has 0 spiro atoms. The van der Waals surface area contributed by atoms with Crippen LogP contribution in [0.5, 0.6) is 5.75 Å². The first-order chi connectivity index (χ1) is 8.72. The number of ketones is 1. The number of methoxy groups -OCH3 is 1. The predicted octanol–water partition coefficient (Wildman–Crippen LogP) is 2.02. The van der Waals surface area contributed by atoms with E-state index in [1.54, 1.807) is 30.2 Å². The van der Waals surface area contributed by atoms with Gasteiger partial charge in [0.25, 0.3) is 0 Å². The van der Waals surface area contributed by atoms with Gasteiger partial charge >= 0.3 is 0 Å². The molecule has 1 heterocycles. The van der Waals surface area contributed by atoms with Crippen molar-refractivity contribution in [1.29, 1.82) is 0 Å². The van der Waals surface area contributed by atoms with Crippen molar-refractivity contribution < 1.29 is 14.3 Å². The minimum absolute atomic E-state index is 0.0868. The van der Waals surface area contributed by atoms with E-state index in [-0.39, 0.29) is 17.6 Å². The van der Waals surface area contributed by atoms with Crippen LogP contribution in [-0.4, -0.2) is 25.3 Å². The average Bonchev–Trinajstić information content (AvgIpc) is 3.22. The molecule has 0 unspecified atom stereocenters. The Bertz CT molecular complexity index is 520. The third kappa shape index (κ3) is 1.68. The number of carbonyl (C=O) groups is 2. The van der Waals surface area contributed by atoms with Crippen LogP contribution < -0.4 is 9.64 Å². The third-order valence-corrected chi connectivity index (χ3v) is 3.54. The molecule has 0 aromatic heterocycles. The molecule has 1 fully saturated rings. The number of rotatable bonds is 2. The Kier molecular flexibility index (Phi) is 2.58. The van der Waals surface area contributed by atoms with Crippen LogP contribution in [-0.2, 0) is 4.79 Å². The van der Waals surface area contributed by atoms with E-state index in [1.165, 1.54) is 0 Å². The van der Waals surface area contributed by atoms with E-state index in [0.717, 1.165) is 12.8 Å². The SMILES string of the molecule is COc1cccc2c1N(C(=O)C1CC1)CCC2=O. The van der Waals surface area contributed by atoms with Gasteiger partial charge in [0.2, 0.25) is 5.91 Å². The highest BCUT2D eigenvalue weighted by Gasteiger charge is 2.38. The summed E-state index contributed by atoms with van der Waals surface area (Å²) in [5, 5.41) is 0. The summed E-state index contributed by atoms with van der Waals surface area (Å²) in [5.41, 5.74) is 1.27. The molecule has 1 aliphatic carbocycles. The molecule has 0 saturated heterocycles. The van der Waals surface area contributed by atoms with E-state index in [0.29, 0.717) is 30.0 Å². The number of fused-ring (bicyclic) bond motifs is 1. The van der Waals surface area contributed by atoms with Crippen molar-refractivity contribution in [3.8, 4) is 5.75 Å². The van der Waals surface area contributed by atoms with Gasteiger partial charge in [-0.15, -0.1) is 0 Å². The standard InChI is InChI=1S/C14H15NO3/c1-18-12-4-2-3-10-11(16)7-8-15(13(10)12)14(17)9-5-6-9/h2-4,9H,5-8H2,1H3. The number of Topliss-reactive ketones (excluding diaryl/α,β-unsaturated/α-hetero) is 1. The lowest BCUT2D eigenvalue weighted by molar-refractivity contribution is -0.119. The number of benzene rings is 1. The van der Waals surface area contributed by atoms with E-state index in [1.807, 2.05) is 0 Å². The zero-order valence-corrected chi connectivity index (χ0v) is 10.3. The average molecular weight is 245 g/mol. The van der Waals surface area contributed by atoms with Gasteiger partial charge < -0.3 is 9.64 Å². The van der Waals surface area contributed by atoms with Crippen molar-refractivity contribution in [3.63, 3.8) is 0 Å². The van der Waals surface area contributed by atoms with Crippen LogP contribution in [0.1, 0.15) is 29.6 Å². The fraction of sp³-hybridized carbons (Fsp3) is 0.429. The van der Waals surface area contributed by atoms with Gasteiger partial charge in [-0.2, -0.15) is 0 Å². The maximum Gasteiger partial charge on any atom is 0.230 e. The van der Waals surface area contributed by atoms with E-state index < -0.39 is 0 Å². The lowest BCUT2D eigenvalue weighted by Crippen LogP contribution is -2.38. The van der Waals surface area contributed by atoms with Crippen LogP contribution in [0.4, 0.5) is 5.69 Å². The molecule has 0 bridgehead atoms. The number of nitrogens with zero attached hydrogens (tertiary/aromatic N) is 1. The summed E-state index contributed by atoms with van der Waals surface area (Å²) in [6.07, 6.45) is 2.33. The van der Waals surface area contributed by atoms with Gasteiger partial charge in [0.1, 0.15) is 5.75 Å². The molecule has 94 valence electrons. The zero-order valence-electron chi connectivity index (χ0n) is 10.3. The van der Waals surface area contributed by atoms with Crippen LogP contribution in [0.2, 0.25) is 0 Å². The molecule has 0 radical (unpaired) electrons. The number of carbonyl (C=O) groups excluding carboxylic acids is 2. The summed E-state index contributed by atoms with van der Waals surface area (Å²) in [5.74, 6) is 0.975. The number of hydrogen-bond acceptors (Lipinski definition) is 3. The van der Waals surface area contributed by atoms with Crippen LogP contribution >= 0.6 is 0 Å². The Morgan fingerprint density at radius 1 is 1.39 bits per heavy atom. The quantitative estimate of drug-likeness (QED) is 0.800. The summed E-state index contributed by atoms with van der Waals surface area (Å²) in [7, 11) is 1.56. The molecule has 4 heteroatoms. The molecular weight excluding hydrogens is 230 g/mol. The smallest absolute Gasteiger partial charge is 0.230 e. The van der Waals surface area contributed by atoms with Crippen molar-refractivity contribution in [2.75, 3.05) is 18.6 Å². The highest BCUT2D eigenvalue weighted by Crippen LogP contribution is 2.40. The minimum Gasteiger partial charge on any atom is -0.495 e. The summed E-state index contributed by atoms with van der Waals surface area (Å²) < 4.78 is 5.30. The van der Waals surface area contributed by atoms with E-state index in [9.17, 15) is 9.59 Å². The van der Waals surface area contributed by atoms with Crippen LogP contribution in [0.15, 0.2) is 18.2 Å². The number of amides is 1. The van der Waals surface area contributed by atoms with Crippen molar-refractivity contribution in [2.45, 2.75) is 19.3 Å². The fourth-order valence-electron chi connectivity index (χ4n) is 2.42. The maximum atomic E-state index is 12.3. The first-order valence-corrected chi connectivity index (χ1v) is 6.24. The monoisotopic (exact) mass is 245 g/mol. The van der Waals surface area contributed by atoms with Gasteiger partial charge in [-0.1, -0.05) is 6.07 Å². The van der Waals surface area contributed by atoms with Gasteiger partial charge in [-0.25, -0.2) is 0 Å². The number of anilines is 1. The summed E-state index contributed by atoms with van der Waals surface area (Å²) in [6, 6.07) is 5.36. The molecule has 0 atom stereocenters. The van der Waals surface area contributed by atoms with Crippen LogP contribution in [0.25, 0.3) is 0 Å². The molecule has 1 amide bonds. The van der Waals surface area contributed by atoms with E-state index in [2.05, 4.69) is 0 Å². The van der Waals surface area contributed by atoms with Crippen molar-refractivity contribution in [2.24, 2.45) is 5.92 Å². The van der Waals surface area contributed by atoms with Gasteiger partial charge in [0, 0.05) is 24.4 Å². The lowest BCUT2D eigenvalue weighted by Gasteiger charge is -2.30. The fourth-order valence-corrected chi connectivity index (χ4v) is 2.42. The molecule has 2 aliphatic rings. The Morgan fingerprint density at radius 2 is 2.17 bits per heavy atom. The molecular formula is C14H15NO3. The predicted molar refractivity (Wildman–Crippen MR) is 67.0 cm³/mol. The normalized spacial score (nSPS) is 18.5. The zero-order chi connectivity index (χ0) is 12.7. The van der Waals surface area contributed by atoms with E-state index in [4.69, 9.17) is 4.74 Å². The second-order valence-electron chi connectivity index (χ2n) is 4.79. The third-order valence-electron chi connectivity index (χ3n) is 3.54. The second-order valence-corrected chi connectivity index (χ2v) is 4.79. The Hall–Kier alpha value is -1.84. The van der Waals surface area contributed by atoms with Gasteiger partial charge in [0.15, 0.2) is 5.78 Å². The van der Waals surface area contributed by atoms with Crippen molar-refractivity contribution >= 4 is 17.4 Å². The molecule has 3 rings (SSSR count). The topological polar surface area (TPSA) is 46.6 Å². The van der Waals surface area contributed by atoms with Gasteiger partial charge in [-0.3, -0.25) is 9.59 Å². The Morgan fingerprint density at radius 3 is 2.83 bits per heavy atom.